The largest absolute Gasteiger partial charge is 0.482 e. The van der Waals surface area contributed by atoms with Gasteiger partial charge in [0.05, 0.1) is 16.5 Å². The molecule has 0 bridgehead atoms. The Morgan fingerprint density at radius 3 is 2.53 bits per heavy atom. The second kappa shape index (κ2) is 10.8. The third-order valence-corrected chi connectivity index (χ3v) is 6.21. The van der Waals surface area contributed by atoms with Gasteiger partial charge in [-0.2, -0.15) is 0 Å². The van der Waals surface area contributed by atoms with Crippen molar-refractivity contribution in [3.8, 4) is 5.75 Å². The molecule has 1 aliphatic heterocycles. The molecule has 0 aliphatic carbocycles. The number of nitrogens with one attached hydrogen (secondary N) is 1. The van der Waals surface area contributed by atoms with Crippen LogP contribution >= 0.6 is 35.0 Å². The van der Waals surface area contributed by atoms with Gasteiger partial charge in [0.25, 0.3) is 17.1 Å². The van der Waals surface area contributed by atoms with Gasteiger partial charge in [-0.25, -0.2) is 0 Å². The van der Waals surface area contributed by atoms with Crippen molar-refractivity contribution >= 4 is 63.8 Å². The summed E-state index contributed by atoms with van der Waals surface area (Å²) >= 11 is 13.2. The van der Waals surface area contributed by atoms with Crippen molar-refractivity contribution < 1.29 is 19.1 Å². The lowest BCUT2D eigenvalue weighted by atomic mass is 10.2. The maximum Gasteiger partial charge on any atom is 0.293 e. The molecule has 3 amide bonds. The van der Waals surface area contributed by atoms with Crippen molar-refractivity contribution in [2.24, 2.45) is 0 Å². The molecule has 1 N–H and O–H groups in total. The van der Waals surface area contributed by atoms with Gasteiger partial charge < -0.3 is 10.1 Å². The molecular formula is C25H18Cl2N2O4S. The lowest BCUT2D eigenvalue weighted by molar-refractivity contribution is -0.123. The number of halogens is 2. The molecule has 0 aromatic heterocycles. The maximum absolute atomic E-state index is 12.8. The van der Waals surface area contributed by atoms with Gasteiger partial charge in [-0.05, 0) is 65.4 Å². The Morgan fingerprint density at radius 1 is 1.00 bits per heavy atom. The number of ether oxygens (including phenoxy) is 1. The number of nitrogens with zero attached hydrogens (tertiary/aromatic N) is 1. The fourth-order valence-electron chi connectivity index (χ4n) is 3.19. The smallest absolute Gasteiger partial charge is 0.293 e. The average molecular weight is 513 g/mol. The lowest BCUT2D eigenvalue weighted by Gasteiger charge is -2.12. The number of carbonyl (C=O) groups excluding carboxylic acids is 3. The van der Waals surface area contributed by atoms with Crippen LogP contribution in [0.15, 0.2) is 77.7 Å². The maximum atomic E-state index is 12.8. The van der Waals surface area contributed by atoms with Crippen LogP contribution in [0.4, 0.5) is 10.5 Å². The first-order valence-electron chi connectivity index (χ1n) is 10.2. The van der Waals surface area contributed by atoms with Crippen molar-refractivity contribution in [3.05, 3.63) is 98.9 Å². The number of hydrogen-bond donors (Lipinski definition) is 1. The van der Waals surface area contributed by atoms with Crippen molar-refractivity contribution in [1.82, 2.24) is 4.90 Å². The van der Waals surface area contributed by atoms with Gasteiger partial charge >= 0.3 is 0 Å². The molecule has 1 saturated heterocycles. The van der Waals surface area contributed by atoms with Crippen molar-refractivity contribution in [1.29, 1.82) is 0 Å². The van der Waals surface area contributed by atoms with Crippen LogP contribution in [0.5, 0.6) is 5.75 Å². The van der Waals surface area contributed by atoms with Gasteiger partial charge in [0.15, 0.2) is 6.61 Å². The zero-order valence-electron chi connectivity index (χ0n) is 17.7. The summed E-state index contributed by atoms with van der Waals surface area (Å²) in [6, 6.07) is 21.0. The van der Waals surface area contributed by atoms with Crippen LogP contribution in [0.2, 0.25) is 10.0 Å². The van der Waals surface area contributed by atoms with E-state index < -0.39 is 0 Å². The molecule has 0 saturated carbocycles. The topological polar surface area (TPSA) is 75.7 Å². The first-order chi connectivity index (χ1) is 16.4. The monoisotopic (exact) mass is 512 g/mol. The van der Waals surface area contributed by atoms with E-state index in [2.05, 4.69) is 5.32 Å². The van der Waals surface area contributed by atoms with E-state index in [1.807, 2.05) is 18.2 Å². The molecule has 6 nitrogen and oxygen atoms in total. The molecule has 0 spiro atoms. The Labute approximate surface area is 210 Å². The van der Waals surface area contributed by atoms with Crippen LogP contribution in [0, 0.1) is 0 Å². The zero-order valence-corrected chi connectivity index (χ0v) is 20.0. The summed E-state index contributed by atoms with van der Waals surface area (Å²) < 4.78 is 5.52. The Kier molecular flexibility index (Phi) is 7.57. The SMILES string of the molecule is O=C(COc1ccc(/C=C2\SC(=O)N(Cc3cccc(Cl)c3)C2=O)cc1Cl)Nc1ccccc1. The molecule has 1 aliphatic rings. The highest BCUT2D eigenvalue weighted by Crippen LogP contribution is 2.34. The molecule has 0 atom stereocenters. The number of thioether (sulfide) groups is 1. The molecule has 3 aromatic rings. The van der Waals surface area contributed by atoms with E-state index in [0.29, 0.717) is 26.9 Å². The number of para-hydroxylation sites is 1. The second-order valence-electron chi connectivity index (χ2n) is 7.29. The lowest BCUT2D eigenvalue weighted by Crippen LogP contribution is -2.27. The number of anilines is 1. The minimum Gasteiger partial charge on any atom is -0.482 e. The first-order valence-corrected chi connectivity index (χ1v) is 11.7. The van der Waals surface area contributed by atoms with Crippen molar-refractivity contribution in [3.63, 3.8) is 0 Å². The Bertz CT molecular complexity index is 1280. The van der Waals surface area contributed by atoms with E-state index in [1.54, 1.807) is 60.7 Å². The van der Waals surface area contributed by atoms with Gasteiger partial charge in [0.2, 0.25) is 0 Å². The average Bonchev–Trinajstić information content (AvgIpc) is 3.06. The van der Waals surface area contributed by atoms with E-state index in [1.165, 1.54) is 4.90 Å². The van der Waals surface area contributed by atoms with Gasteiger partial charge in [-0.3, -0.25) is 19.3 Å². The van der Waals surface area contributed by atoms with Crippen LogP contribution in [-0.2, 0) is 16.1 Å². The van der Waals surface area contributed by atoms with Crippen molar-refractivity contribution in [2.45, 2.75) is 6.54 Å². The number of hydrogen-bond acceptors (Lipinski definition) is 5. The Morgan fingerprint density at radius 2 is 1.79 bits per heavy atom. The number of rotatable bonds is 7. The second-order valence-corrected chi connectivity index (χ2v) is 9.13. The van der Waals surface area contributed by atoms with Crippen LogP contribution in [-0.4, -0.2) is 28.6 Å². The number of amides is 3. The summed E-state index contributed by atoms with van der Waals surface area (Å²) in [7, 11) is 0. The van der Waals surface area contributed by atoms with E-state index in [-0.39, 0.29) is 35.2 Å². The summed E-state index contributed by atoms with van der Waals surface area (Å²) in [6.07, 6.45) is 1.60. The van der Waals surface area contributed by atoms with E-state index >= 15 is 0 Å². The number of carbonyl (C=O) groups is 3. The quantitative estimate of drug-likeness (QED) is 0.378. The predicted molar refractivity (Wildman–Crippen MR) is 135 cm³/mol. The minimum absolute atomic E-state index is 0.140. The molecular weight excluding hydrogens is 495 g/mol. The molecule has 0 unspecified atom stereocenters. The first kappa shape index (κ1) is 23.9. The van der Waals surface area contributed by atoms with E-state index in [0.717, 1.165) is 17.3 Å². The summed E-state index contributed by atoms with van der Waals surface area (Å²) in [5.41, 5.74) is 2.05. The molecule has 0 radical (unpaired) electrons. The molecule has 34 heavy (non-hydrogen) atoms. The van der Waals surface area contributed by atoms with Gasteiger partial charge in [0.1, 0.15) is 5.75 Å². The van der Waals surface area contributed by atoms with Crippen LogP contribution in [0.25, 0.3) is 6.08 Å². The molecule has 3 aromatic carbocycles. The third-order valence-electron chi connectivity index (χ3n) is 4.77. The molecule has 9 heteroatoms. The summed E-state index contributed by atoms with van der Waals surface area (Å²) in [4.78, 5) is 38.7. The molecule has 1 fully saturated rings. The number of imide groups is 1. The van der Waals surface area contributed by atoms with E-state index in [9.17, 15) is 14.4 Å². The van der Waals surface area contributed by atoms with Crippen LogP contribution in [0.1, 0.15) is 11.1 Å². The number of benzene rings is 3. The highest BCUT2D eigenvalue weighted by molar-refractivity contribution is 8.18. The molecule has 172 valence electrons. The standard InChI is InChI=1S/C25H18Cl2N2O4S/c26-18-6-4-5-17(11-18)14-29-24(31)22(34-25(29)32)13-16-9-10-21(20(27)12-16)33-15-23(30)28-19-7-2-1-3-8-19/h1-13H,14-15H2,(H,28,30)/b22-13-. The molecule has 4 rings (SSSR count). The predicted octanol–water partition coefficient (Wildman–Crippen LogP) is 6.25. The van der Waals surface area contributed by atoms with Crippen LogP contribution in [0.3, 0.4) is 0 Å². The van der Waals surface area contributed by atoms with Gasteiger partial charge in [-0.15, -0.1) is 0 Å². The normalized spacial score (nSPS) is 14.5. The van der Waals surface area contributed by atoms with Gasteiger partial charge in [-0.1, -0.05) is 59.6 Å². The Hall–Kier alpha value is -3.26. The zero-order chi connectivity index (χ0) is 24.1. The summed E-state index contributed by atoms with van der Waals surface area (Å²) in [5, 5.41) is 3.18. The highest BCUT2D eigenvalue weighted by Gasteiger charge is 2.35. The van der Waals surface area contributed by atoms with Gasteiger partial charge in [0, 0.05) is 10.7 Å². The van der Waals surface area contributed by atoms with Crippen molar-refractivity contribution in [2.75, 3.05) is 11.9 Å². The summed E-state index contributed by atoms with van der Waals surface area (Å²) in [6.45, 7) is -0.0719. The fourth-order valence-corrected chi connectivity index (χ4v) is 4.49. The fraction of sp³-hybridized carbons (Fsp3) is 0.0800. The molecule has 1 heterocycles. The third kappa shape index (κ3) is 5.99. The summed E-state index contributed by atoms with van der Waals surface area (Å²) in [5.74, 6) is -0.375. The van der Waals surface area contributed by atoms with Crippen LogP contribution < -0.4 is 10.1 Å². The highest BCUT2D eigenvalue weighted by atomic mass is 35.5. The van der Waals surface area contributed by atoms with E-state index in [4.69, 9.17) is 27.9 Å². The Balaban J connectivity index is 1.39. The minimum atomic E-state index is -0.385.